The quantitative estimate of drug-likeness (QED) is 0.503. The number of carbonyl (C=O) groups is 1. The first-order valence-corrected chi connectivity index (χ1v) is 11.0. The van der Waals surface area contributed by atoms with E-state index in [-0.39, 0.29) is 29.4 Å². The second-order valence-electron chi connectivity index (χ2n) is 6.82. The number of sulfonamides is 1. The number of carbonyl (C=O) groups excluding carboxylic acids is 1. The summed E-state index contributed by atoms with van der Waals surface area (Å²) in [5.74, 6) is 0.768. The fraction of sp³-hybridized carbons (Fsp3) is 0.381. The molecule has 0 radical (unpaired) electrons. The maximum absolute atomic E-state index is 12.5. The molecule has 0 saturated carbocycles. The summed E-state index contributed by atoms with van der Waals surface area (Å²) < 4.78 is 47.2. The normalized spacial score (nSPS) is 12.2. The number of aliphatic hydroxyl groups excluding tert-OH is 1. The molecule has 0 aliphatic rings. The Kier molecular flexibility index (Phi) is 8.70. The molecule has 0 aromatic heterocycles. The van der Waals surface area contributed by atoms with Crippen LogP contribution >= 0.6 is 0 Å². The van der Waals surface area contributed by atoms with Crippen LogP contribution in [0.1, 0.15) is 10.4 Å². The number of para-hydroxylation sites is 1. The van der Waals surface area contributed by atoms with Crippen molar-refractivity contribution in [2.75, 3.05) is 48.6 Å². The van der Waals surface area contributed by atoms with Crippen molar-refractivity contribution in [3.8, 4) is 23.0 Å². The maximum Gasteiger partial charge on any atom is 0.251 e. The molecule has 32 heavy (non-hydrogen) atoms. The number of ether oxygens (including phenoxy) is 4. The summed E-state index contributed by atoms with van der Waals surface area (Å²) in [5.41, 5.74) is 0.103. The van der Waals surface area contributed by atoms with Gasteiger partial charge in [-0.15, -0.1) is 0 Å². The number of nitrogens with zero attached hydrogens (tertiary/aromatic N) is 1. The second-order valence-corrected chi connectivity index (χ2v) is 8.94. The Hall–Kier alpha value is -3.02. The van der Waals surface area contributed by atoms with Gasteiger partial charge in [-0.25, -0.2) is 12.7 Å². The van der Waals surface area contributed by atoms with Crippen molar-refractivity contribution < 1.29 is 37.3 Å². The molecule has 2 aromatic carbocycles. The first-order chi connectivity index (χ1) is 15.1. The first kappa shape index (κ1) is 25.2. The predicted molar refractivity (Wildman–Crippen MR) is 117 cm³/mol. The average molecular weight is 469 g/mol. The van der Waals surface area contributed by atoms with Crippen molar-refractivity contribution in [3.63, 3.8) is 0 Å². The van der Waals surface area contributed by atoms with Gasteiger partial charge in [0.1, 0.15) is 23.4 Å². The molecular formula is C21H28N2O8S. The zero-order valence-corrected chi connectivity index (χ0v) is 19.4. The van der Waals surface area contributed by atoms with Crippen LogP contribution in [-0.4, -0.2) is 78.4 Å². The summed E-state index contributed by atoms with van der Waals surface area (Å²) in [6.45, 7) is -0.266. The minimum atomic E-state index is -3.82. The largest absolute Gasteiger partial charge is 0.495 e. The summed E-state index contributed by atoms with van der Waals surface area (Å²) in [7, 11) is 3.25. The summed E-state index contributed by atoms with van der Waals surface area (Å²) in [6, 6.07) is 9.18. The molecule has 0 bridgehead atoms. The van der Waals surface area contributed by atoms with Gasteiger partial charge >= 0.3 is 0 Å². The molecule has 2 N–H and O–H groups in total. The van der Waals surface area contributed by atoms with Crippen LogP contribution in [0, 0.1) is 0 Å². The van der Waals surface area contributed by atoms with E-state index in [1.165, 1.54) is 53.6 Å². The van der Waals surface area contributed by atoms with Crippen LogP contribution in [0.5, 0.6) is 23.0 Å². The van der Waals surface area contributed by atoms with Gasteiger partial charge in [0, 0.05) is 26.2 Å². The minimum Gasteiger partial charge on any atom is -0.495 e. The highest BCUT2D eigenvalue weighted by Crippen LogP contribution is 2.36. The van der Waals surface area contributed by atoms with Crippen molar-refractivity contribution in [1.29, 1.82) is 0 Å². The monoisotopic (exact) mass is 468 g/mol. The third-order valence-electron chi connectivity index (χ3n) is 4.49. The Morgan fingerprint density at radius 3 is 2.16 bits per heavy atom. The number of rotatable bonds is 11. The van der Waals surface area contributed by atoms with Crippen LogP contribution in [0.2, 0.25) is 0 Å². The molecule has 0 aliphatic heterocycles. The van der Waals surface area contributed by atoms with Crippen molar-refractivity contribution in [2.24, 2.45) is 0 Å². The third kappa shape index (κ3) is 5.81. The van der Waals surface area contributed by atoms with Crippen molar-refractivity contribution >= 4 is 15.9 Å². The number of hydrogen-bond acceptors (Lipinski definition) is 8. The van der Waals surface area contributed by atoms with Gasteiger partial charge in [-0.1, -0.05) is 6.07 Å². The fourth-order valence-electron chi connectivity index (χ4n) is 2.73. The van der Waals surface area contributed by atoms with E-state index in [4.69, 9.17) is 18.9 Å². The fourth-order valence-corrected chi connectivity index (χ4v) is 3.80. The molecular weight excluding hydrogens is 440 g/mol. The number of nitrogens with one attached hydrogen (secondary N) is 1. The highest BCUT2D eigenvalue weighted by atomic mass is 32.2. The number of hydrogen-bond donors (Lipinski definition) is 2. The summed E-state index contributed by atoms with van der Waals surface area (Å²) >= 11 is 0. The van der Waals surface area contributed by atoms with Gasteiger partial charge in [0.05, 0.1) is 21.3 Å². The molecule has 10 nitrogen and oxygen atoms in total. The summed E-state index contributed by atoms with van der Waals surface area (Å²) in [5, 5.41) is 12.8. The number of methoxy groups -OCH3 is 3. The minimum absolute atomic E-state index is 0.103. The Balaban J connectivity index is 2.06. The molecule has 0 spiro atoms. The highest BCUT2D eigenvalue weighted by Gasteiger charge is 2.24. The molecule has 1 amide bonds. The summed E-state index contributed by atoms with van der Waals surface area (Å²) in [4.78, 5) is 12.4. The van der Waals surface area contributed by atoms with E-state index >= 15 is 0 Å². The topological polar surface area (TPSA) is 124 Å². The van der Waals surface area contributed by atoms with Gasteiger partial charge in [-0.05, 0) is 30.3 Å². The maximum atomic E-state index is 12.5. The molecule has 0 saturated heterocycles. The molecule has 1 unspecified atom stereocenters. The lowest BCUT2D eigenvalue weighted by molar-refractivity contribution is 0.0833. The first-order valence-electron chi connectivity index (χ1n) is 9.56. The molecule has 0 fully saturated rings. The summed E-state index contributed by atoms with van der Waals surface area (Å²) in [6.07, 6.45) is -1.04. The zero-order valence-electron chi connectivity index (χ0n) is 18.6. The smallest absolute Gasteiger partial charge is 0.251 e. The molecule has 176 valence electrons. The lowest BCUT2D eigenvalue weighted by Gasteiger charge is -2.17. The van der Waals surface area contributed by atoms with E-state index in [1.807, 2.05) is 0 Å². The van der Waals surface area contributed by atoms with Crippen molar-refractivity contribution in [3.05, 3.63) is 42.0 Å². The van der Waals surface area contributed by atoms with E-state index in [2.05, 4.69) is 5.32 Å². The van der Waals surface area contributed by atoms with Gasteiger partial charge < -0.3 is 29.4 Å². The molecule has 11 heteroatoms. The Bertz CT molecular complexity index is 1020. The van der Waals surface area contributed by atoms with Crippen LogP contribution in [0.25, 0.3) is 0 Å². The lowest BCUT2D eigenvalue weighted by atomic mass is 10.2. The number of amides is 1. The number of aliphatic hydroxyl groups is 1. The van der Waals surface area contributed by atoms with Gasteiger partial charge in [0.2, 0.25) is 15.8 Å². The molecule has 0 heterocycles. The Labute approximate surface area is 187 Å². The lowest BCUT2D eigenvalue weighted by Crippen LogP contribution is -2.35. The van der Waals surface area contributed by atoms with Gasteiger partial charge in [0.25, 0.3) is 5.91 Å². The van der Waals surface area contributed by atoms with Gasteiger partial charge in [0.15, 0.2) is 11.5 Å². The molecule has 0 aliphatic carbocycles. The average Bonchev–Trinajstić information content (AvgIpc) is 2.80. The van der Waals surface area contributed by atoms with Gasteiger partial charge in [-0.3, -0.25) is 4.79 Å². The second kappa shape index (κ2) is 11.0. The van der Waals surface area contributed by atoms with Gasteiger partial charge in [-0.2, -0.15) is 0 Å². The molecule has 1 atom stereocenters. The standard InChI is InChI=1S/C21H28N2O8S/c1-23(2)32(26,27)19-11-14(9-10-16(19)28-3)21(25)22-12-15(24)13-31-20-17(29-4)7-6-8-18(20)30-5/h6-11,15,24H,12-13H2,1-5H3,(H,22,25). The van der Waals surface area contributed by atoms with E-state index in [1.54, 1.807) is 18.2 Å². The Morgan fingerprint density at radius 2 is 1.62 bits per heavy atom. The van der Waals surface area contributed by atoms with Crippen LogP contribution in [0.3, 0.4) is 0 Å². The van der Waals surface area contributed by atoms with Crippen LogP contribution in [0.15, 0.2) is 41.3 Å². The molecule has 2 aromatic rings. The van der Waals surface area contributed by atoms with E-state index in [0.717, 1.165) is 4.31 Å². The number of benzene rings is 2. The third-order valence-corrected chi connectivity index (χ3v) is 6.32. The zero-order chi connectivity index (χ0) is 23.9. The van der Waals surface area contributed by atoms with Crippen LogP contribution in [-0.2, 0) is 10.0 Å². The highest BCUT2D eigenvalue weighted by molar-refractivity contribution is 7.89. The van der Waals surface area contributed by atoms with E-state index in [9.17, 15) is 18.3 Å². The van der Waals surface area contributed by atoms with Crippen molar-refractivity contribution in [1.82, 2.24) is 9.62 Å². The van der Waals surface area contributed by atoms with E-state index < -0.39 is 22.0 Å². The SMILES string of the molecule is COc1ccc(C(=O)NCC(O)COc2c(OC)cccc2OC)cc1S(=O)(=O)N(C)C. The van der Waals surface area contributed by atoms with Crippen molar-refractivity contribution in [2.45, 2.75) is 11.0 Å². The predicted octanol–water partition coefficient (Wildman–Crippen LogP) is 1.13. The van der Waals surface area contributed by atoms with Crippen LogP contribution in [0.4, 0.5) is 0 Å². The molecule has 2 rings (SSSR count). The Morgan fingerprint density at radius 1 is 1.03 bits per heavy atom. The van der Waals surface area contributed by atoms with E-state index in [0.29, 0.717) is 17.2 Å². The van der Waals surface area contributed by atoms with Crippen LogP contribution < -0.4 is 24.3 Å².